The van der Waals surface area contributed by atoms with Gasteiger partial charge in [0.15, 0.2) is 0 Å². The second-order valence-corrected chi connectivity index (χ2v) is 6.03. The van der Waals surface area contributed by atoms with Crippen molar-refractivity contribution in [2.24, 2.45) is 5.92 Å². The number of nitrogens with zero attached hydrogens (tertiary/aromatic N) is 1. The Kier molecular flexibility index (Phi) is 3.09. The first-order chi connectivity index (χ1) is 9.13. The molecule has 1 saturated carbocycles. The number of likely N-dealkylation sites (tertiary alicyclic amines) is 1. The molecular formula is C16H21NO2. The van der Waals surface area contributed by atoms with Gasteiger partial charge in [0.05, 0.1) is 11.5 Å². The molecule has 1 saturated heterocycles. The van der Waals surface area contributed by atoms with Gasteiger partial charge in [0.1, 0.15) is 0 Å². The molecule has 0 spiro atoms. The Balaban J connectivity index is 1.78. The lowest BCUT2D eigenvalue weighted by Gasteiger charge is -2.36. The van der Waals surface area contributed by atoms with E-state index in [1.807, 2.05) is 35.2 Å². The van der Waals surface area contributed by atoms with Crippen molar-refractivity contribution in [2.45, 2.75) is 37.7 Å². The number of piperidine rings is 1. The Labute approximate surface area is 114 Å². The molecule has 2 atom stereocenters. The van der Waals surface area contributed by atoms with Crippen LogP contribution in [0.5, 0.6) is 0 Å². The van der Waals surface area contributed by atoms with Gasteiger partial charge < -0.3 is 10.0 Å². The van der Waals surface area contributed by atoms with Crippen LogP contribution in [0.2, 0.25) is 0 Å². The minimum atomic E-state index is -0.371. The maximum Gasteiger partial charge on any atom is 0.233 e. The molecule has 3 rings (SSSR count). The molecule has 0 aromatic heterocycles. The molecule has 19 heavy (non-hydrogen) atoms. The van der Waals surface area contributed by atoms with E-state index >= 15 is 0 Å². The normalized spacial score (nSPS) is 29.1. The van der Waals surface area contributed by atoms with Gasteiger partial charge in [-0.05, 0) is 30.7 Å². The second-order valence-electron chi connectivity index (χ2n) is 6.03. The second kappa shape index (κ2) is 4.64. The van der Waals surface area contributed by atoms with Gasteiger partial charge in [-0.3, -0.25) is 4.79 Å². The van der Waals surface area contributed by atoms with Gasteiger partial charge >= 0.3 is 0 Å². The van der Waals surface area contributed by atoms with Crippen molar-refractivity contribution >= 4 is 5.91 Å². The van der Waals surface area contributed by atoms with Gasteiger partial charge in [-0.2, -0.15) is 0 Å². The van der Waals surface area contributed by atoms with Crippen LogP contribution < -0.4 is 0 Å². The van der Waals surface area contributed by atoms with Crippen molar-refractivity contribution in [1.82, 2.24) is 4.90 Å². The molecule has 1 aromatic carbocycles. The number of carbonyl (C=O) groups is 1. The predicted molar refractivity (Wildman–Crippen MR) is 73.7 cm³/mol. The minimum absolute atomic E-state index is 0.213. The topological polar surface area (TPSA) is 40.5 Å². The summed E-state index contributed by atoms with van der Waals surface area (Å²) in [5.74, 6) is 0.514. The van der Waals surface area contributed by atoms with Crippen molar-refractivity contribution in [3.05, 3.63) is 35.9 Å². The molecule has 3 heteroatoms. The molecule has 2 fully saturated rings. The SMILES string of the molecule is CC1CCN(C(=O)C2(c3ccccc3)CC2)CC1O. The van der Waals surface area contributed by atoms with E-state index in [4.69, 9.17) is 0 Å². The van der Waals surface area contributed by atoms with Crippen LogP contribution in [0.3, 0.4) is 0 Å². The third kappa shape index (κ3) is 2.16. The third-order valence-electron chi connectivity index (χ3n) is 4.69. The summed E-state index contributed by atoms with van der Waals surface area (Å²) in [6.45, 7) is 3.33. The van der Waals surface area contributed by atoms with Gasteiger partial charge in [-0.15, -0.1) is 0 Å². The fraction of sp³-hybridized carbons (Fsp3) is 0.562. The van der Waals surface area contributed by atoms with E-state index in [2.05, 4.69) is 6.92 Å². The molecule has 0 bridgehead atoms. The number of benzene rings is 1. The molecule has 1 N–H and O–H groups in total. The van der Waals surface area contributed by atoms with Crippen molar-refractivity contribution in [3.63, 3.8) is 0 Å². The average Bonchev–Trinajstić information content (AvgIpc) is 3.24. The molecule has 2 aliphatic rings. The quantitative estimate of drug-likeness (QED) is 0.882. The zero-order valence-corrected chi connectivity index (χ0v) is 11.4. The van der Waals surface area contributed by atoms with E-state index in [1.165, 1.54) is 0 Å². The van der Waals surface area contributed by atoms with Crippen LogP contribution in [0.1, 0.15) is 31.7 Å². The molecule has 1 heterocycles. The Bertz CT molecular complexity index is 467. The van der Waals surface area contributed by atoms with Gasteiger partial charge in [0.2, 0.25) is 5.91 Å². The zero-order chi connectivity index (χ0) is 13.5. The highest BCUT2D eigenvalue weighted by Crippen LogP contribution is 2.49. The number of amides is 1. The number of aliphatic hydroxyl groups excluding tert-OH is 1. The van der Waals surface area contributed by atoms with E-state index in [1.54, 1.807) is 0 Å². The number of rotatable bonds is 2. The van der Waals surface area contributed by atoms with Gasteiger partial charge in [-0.1, -0.05) is 37.3 Å². The number of aliphatic hydroxyl groups is 1. The molecular weight excluding hydrogens is 238 g/mol. The van der Waals surface area contributed by atoms with Crippen LogP contribution in [0.15, 0.2) is 30.3 Å². The summed E-state index contributed by atoms with van der Waals surface area (Å²) in [6, 6.07) is 10.1. The maximum atomic E-state index is 12.7. The summed E-state index contributed by atoms with van der Waals surface area (Å²) < 4.78 is 0. The van der Waals surface area contributed by atoms with Gasteiger partial charge in [0, 0.05) is 13.1 Å². The largest absolute Gasteiger partial charge is 0.391 e. The van der Waals surface area contributed by atoms with E-state index in [0.717, 1.165) is 31.4 Å². The van der Waals surface area contributed by atoms with Crippen LogP contribution in [0.4, 0.5) is 0 Å². The zero-order valence-electron chi connectivity index (χ0n) is 11.4. The Morgan fingerprint density at radius 2 is 2.00 bits per heavy atom. The van der Waals surface area contributed by atoms with Crippen LogP contribution in [0, 0.1) is 5.92 Å². The van der Waals surface area contributed by atoms with Gasteiger partial charge in [0.25, 0.3) is 0 Å². The average molecular weight is 259 g/mol. The van der Waals surface area contributed by atoms with Crippen molar-refractivity contribution in [1.29, 1.82) is 0 Å². The number of β-amino-alcohol motifs (C(OH)–C–C–N with tert-alkyl or cyclic N) is 1. The number of hydrogen-bond acceptors (Lipinski definition) is 2. The molecule has 1 aliphatic carbocycles. The fourth-order valence-corrected chi connectivity index (χ4v) is 3.04. The van der Waals surface area contributed by atoms with Gasteiger partial charge in [-0.25, -0.2) is 0 Å². The Morgan fingerprint density at radius 1 is 1.32 bits per heavy atom. The van der Waals surface area contributed by atoms with Crippen LogP contribution in [-0.2, 0) is 10.2 Å². The summed E-state index contributed by atoms with van der Waals surface area (Å²) >= 11 is 0. The monoisotopic (exact) mass is 259 g/mol. The number of carbonyl (C=O) groups excluding carboxylic acids is 1. The Hall–Kier alpha value is -1.35. The van der Waals surface area contributed by atoms with E-state index in [9.17, 15) is 9.90 Å². The summed E-state index contributed by atoms with van der Waals surface area (Å²) in [5, 5.41) is 9.96. The van der Waals surface area contributed by atoms with Crippen molar-refractivity contribution in [3.8, 4) is 0 Å². The lowest BCUT2D eigenvalue weighted by molar-refractivity contribution is -0.138. The molecule has 1 amide bonds. The smallest absolute Gasteiger partial charge is 0.233 e. The van der Waals surface area contributed by atoms with Crippen LogP contribution >= 0.6 is 0 Å². The molecule has 2 unspecified atom stereocenters. The first-order valence-electron chi connectivity index (χ1n) is 7.16. The lowest BCUT2D eigenvalue weighted by atomic mass is 9.91. The Morgan fingerprint density at radius 3 is 2.58 bits per heavy atom. The minimum Gasteiger partial charge on any atom is -0.391 e. The lowest BCUT2D eigenvalue weighted by Crippen LogP contribution is -2.49. The third-order valence-corrected chi connectivity index (χ3v) is 4.69. The van der Waals surface area contributed by atoms with Crippen LogP contribution in [0.25, 0.3) is 0 Å². The summed E-state index contributed by atoms with van der Waals surface area (Å²) in [4.78, 5) is 14.6. The summed E-state index contributed by atoms with van der Waals surface area (Å²) in [7, 11) is 0. The first-order valence-corrected chi connectivity index (χ1v) is 7.16. The first kappa shape index (κ1) is 12.7. The molecule has 102 valence electrons. The van der Waals surface area contributed by atoms with Crippen molar-refractivity contribution in [2.75, 3.05) is 13.1 Å². The number of hydrogen-bond donors (Lipinski definition) is 1. The molecule has 1 aliphatic heterocycles. The van der Waals surface area contributed by atoms with Crippen molar-refractivity contribution < 1.29 is 9.90 Å². The highest BCUT2D eigenvalue weighted by Gasteiger charge is 2.53. The summed E-state index contributed by atoms with van der Waals surface area (Å²) in [6.07, 6.45) is 2.41. The summed E-state index contributed by atoms with van der Waals surface area (Å²) in [5.41, 5.74) is 0.842. The van der Waals surface area contributed by atoms with E-state index in [0.29, 0.717) is 12.5 Å². The maximum absolute atomic E-state index is 12.7. The van der Waals surface area contributed by atoms with Crippen LogP contribution in [-0.4, -0.2) is 35.1 Å². The van der Waals surface area contributed by atoms with E-state index in [-0.39, 0.29) is 17.4 Å². The highest BCUT2D eigenvalue weighted by atomic mass is 16.3. The standard InChI is InChI=1S/C16H21NO2/c1-12-7-10-17(11-14(12)18)15(19)16(8-9-16)13-5-3-2-4-6-13/h2-6,12,14,18H,7-11H2,1H3. The molecule has 3 nitrogen and oxygen atoms in total. The molecule has 0 radical (unpaired) electrons. The fourth-order valence-electron chi connectivity index (χ4n) is 3.04. The highest BCUT2D eigenvalue weighted by molar-refractivity contribution is 5.91. The predicted octanol–water partition coefficient (Wildman–Crippen LogP) is 1.95. The van der Waals surface area contributed by atoms with E-state index < -0.39 is 0 Å². The molecule has 1 aromatic rings.